The van der Waals surface area contributed by atoms with Crippen LogP contribution in [0.3, 0.4) is 0 Å². The maximum atomic E-state index is 13.3. The summed E-state index contributed by atoms with van der Waals surface area (Å²) in [6.45, 7) is 6.89. The average molecular weight is 984 g/mol. The molecule has 312 valence electrons. The molecule has 11 rings (SSSR count). The summed E-state index contributed by atoms with van der Waals surface area (Å²) in [7, 11) is 0. The molecule has 17 heteroatoms. The largest absolute Gasteiger partial charge is 0.481 e. The van der Waals surface area contributed by atoms with E-state index in [1.807, 2.05) is 31.2 Å². The van der Waals surface area contributed by atoms with Gasteiger partial charge in [-0.3, -0.25) is 19.6 Å². The van der Waals surface area contributed by atoms with Gasteiger partial charge in [0.05, 0.1) is 53.4 Å². The van der Waals surface area contributed by atoms with Gasteiger partial charge in [0.15, 0.2) is 0 Å². The van der Waals surface area contributed by atoms with E-state index in [2.05, 4.69) is 96.7 Å². The predicted octanol–water partition coefficient (Wildman–Crippen LogP) is 9.19. The van der Waals surface area contributed by atoms with Crippen LogP contribution in [-0.2, 0) is 53.1 Å². The van der Waals surface area contributed by atoms with Crippen molar-refractivity contribution >= 4 is 122 Å². The predicted molar refractivity (Wildman–Crippen MR) is 248 cm³/mol. The summed E-state index contributed by atoms with van der Waals surface area (Å²) in [4.78, 5) is 57.7. The zero-order valence-corrected chi connectivity index (χ0v) is 38.2. The molecule has 6 aromatic rings. The van der Waals surface area contributed by atoms with E-state index in [1.54, 1.807) is 35.3 Å². The van der Waals surface area contributed by atoms with E-state index < -0.39 is 5.97 Å². The molecule has 1 amide bonds. The van der Waals surface area contributed by atoms with Gasteiger partial charge in [-0.15, -0.1) is 22.7 Å². The average Bonchev–Trinajstić information content (AvgIpc) is 4.05. The number of carbonyl (C=O) groups is 2. The molecule has 0 radical (unpaired) electrons. The zero-order valence-electron chi connectivity index (χ0n) is 33.4. The fraction of sp³-hybridized carbons (Fsp3) is 0.364. The minimum atomic E-state index is -0.716. The number of carboxylic acid groups (broad SMARTS) is 1. The van der Waals surface area contributed by atoms with Crippen molar-refractivity contribution in [2.24, 2.45) is 21.8 Å². The number of anilines is 4. The highest BCUT2D eigenvalue weighted by Gasteiger charge is 2.35. The summed E-state index contributed by atoms with van der Waals surface area (Å²) in [6.07, 6.45) is 11.6. The number of morpholine rings is 1. The lowest BCUT2D eigenvalue weighted by atomic mass is 9.86. The molecule has 2 aliphatic carbocycles. The van der Waals surface area contributed by atoms with Crippen LogP contribution in [0.5, 0.6) is 0 Å². The number of halogens is 2. The minimum Gasteiger partial charge on any atom is -0.481 e. The Kier molecular flexibility index (Phi) is 11.0. The monoisotopic (exact) mass is 981 g/mol. The highest BCUT2D eigenvalue weighted by Crippen LogP contribution is 2.43. The third-order valence-electron chi connectivity index (χ3n) is 12.1. The molecule has 13 nitrogen and oxygen atoms in total. The molecule has 2 aromatic carbocycles. The Hall–Kier alpha value is -4.68. The topological polar surface area (TPSA) is 167 Å². The van der Waals surface area contributed by atoms with E-state index in [4.69, 9.17) is 4.74 Å². The number of carbonyl (C=O) groups excluding carboxylic acids is 1. The third kappa shape index (κ3) is 7.88. The number of nitrogens with zero attached hydrogens (tertiary/aromatic N) is 7. The number of benzene rings is 2. The van der Waals surface area contributed by atoms with Crippen molar-refractivity contribution in [2.75, 3.05) is 23.7 Å². The first-order valence-corrected chi connectivity index (χ1v) is 23.6. The summed E-state index contributed by atoms with van der Waals surface area (Å²) < 4.78 is 7.78. The summed E-state index contributed by atoms with van der Waals surface area (Å²) in [5.74, 6) is 0.845. The summed E-state index contributed by atoms with van der Waals surface area (Å²) in [6, 6.07) is 8.39. The molecule has 1 fully saturated rings. The summed E-state index contributed by atoms with van der Waals surface area (Å²) >= 11 is 10.6. The Morgan fingerprint density at radius 3 is 1.74 bits per heavy atom. The van der Waals surface area contributed by atoms with E-state index in [0.717, 1.165) is 107 Å². The molecule has 3 aliphatic heterocycles. The number of carboxylic acids is 1. The first-order chi connectivity index (χ1) is 29.6. The van der Waals surface area contributed by atoms with Crippen LogP contribution in [-0.4, -0.2) is 79.5 Å². The van der Waals surface area contributed by atoms with Crippen molar-refractivity contribution in [3.05, 3.63) is 89.0 Å². The van der Waals surface area contributed by atoms with Gasteiger partial charge in [0.2, 0.25) is 5.91 Å². The van der Waals surface area contributed by atoms with Crippen LogP contribution in [0.2, 0.25) is 0 Å². The number of aryl methyl sites for hydroxylation is 2. The van der Waals surface area contributed by atoms with Crippen LogP contribution in [0.4, 0.5) is 23.0 Å². The first kappa shape index (κ1) is 40.4. The molecule has 3 N–H and O–H groups in total. The Labute approximate surface area is 376 Å². The number of ether oxygens (including phenoxy) is 1. The lowest BCUT2D eigenvalue weighted by Gasteiger charge is -2.37. The van der Waals surface area contributed by atoms with Crippen LogP contribution in [0.1, 0.15) is 69.8 Å². The third-order valence-corrected chi connectivity index (χ3v) is 15.7. The van der Waals surface area contributed by atoms with Gasteiger partial charge < -0.3 is 25.4 Å². The number of nitrogens with one attached hydrogen (secondary N) is 2. The van der Waals surface area contributed by atoms with Gasteiger partial charge in [-0.2, -0.15) is 0 Å². The molecule has 0 unspecified atom stereocenters. The van der Waals surface area contributed by atoms with Crippen molar-refractivity contribution < 1.29 is 19.4 Å². The van der Waals surface area contributed by atoms with Gasteiger partial charge in [0, 0.05) is 50.1 Å². The number of aliphatic carboxylic acids is 1. The van der Waals surface area contributed by atoms with Crippen molar-refractivity contribution in [3.63, 3.8) is 0 Å². The molecule has 0 spiro atoms. The van der Waals surface area contributed by atoms with E-state index in [0.29, 0.717) is 25.9 Å². The molecule has 0 saturated carbocycles. The fourth-order valence-corrected chi connectivity index (χ4v) is 12.7. The molecule has 1 saturated heterocycles. The van der Waals surface area contributed by atoms with Gasteiger partial charge in [0.25, 0.3) is 0 Å². The number of aliphatic imine (C=N–C) groups is 2. The highest BCUT2D eigenvalue weighted by molar-refractivity contribution is 9.11. The Morgan fingerprint density at radius 1 is 0.738 bits per heavy atom. The number of thiophene rings is 2. The van der Waals surface area contributed by atoms with Crippen molar-refractivity contribution in [1.82, 2.24) is 24.8 Å². The fourth-order valence-electron chi connectivity index (χ4n) is 9.16. The molecular formula is C44H41Br2N9O4S2. The highest BCUT2D eigenvalue weighted by atomic mass is 79.9. The van der Waals surface area contributed by atoms with Gasteiger partial charge in [-0.25, -0.2) is 19.9 Å². The molecule has 5 aliphatic rings. The van der Waals surface area contributed by atoms with E-state index in [9.17, 15) is 14.7 Å². The van der Waals surface area contributed by atoms with Crippen molar-refractivity contribution in [3.8, 4) is 0 Å². The second-order valence-electron chi connectivity index (χ2n) is 16.3. The smallest absolute Gasteiger partial charge is 0.306 e. The number of amides is 1. The van der Waals surface area contributed by atoms with Gasteiger partial charge >= 0.3 is 5.97 Å². The van der Waals surface area contributed by atoms with E-state index >= 15 is 0 Å². The normalized spacial score (nSPS) is 21.1. The van der Waals surface area contributed by atoms with Crippen LogP contribution in [0, 0.1) is 11.8 Å². The molecular weight excluding hydrogens is 942 g/mol. The lowest BCUT2D eigenvalue weighted by Crippen LogP contribution is -2.50. The summed E-state index contributed by atoms with van der Waals surface area (Å²) in [5.41, 5.74) is 9.04. The van der Waals surface area contributed by atoms with E-state index in [-0.39, 0.29) is 30.0 Å². The van der Waals surface area contributed by atoms with Crippen LogP contribution in [0.15, 0.2) is 55.9 Å². The number of rotatable bonds is 6. The maximum Gasteiger partial charge on any atom is 0.306 e. The van der Waals surface area contributed by atoms with E-state index in [1.165, 1.54) is 27.1 Å². The second-order valence-corrected chi connectivity index (χ2v) is 20.2. The zero-order chi connectivity index (χ0) is 41.9. The SMILES string of the molecule is C[C@@H]1CN(C(=O)[C@H]2CCc3c(sc4ncnc(Nc5cc6c(cc5Br)CN=C6)c34)C2)C[C@H](C)O1.O=C(O)[C@H]1CCc2c(sc3ncnc(Nc4cc5c(cc4Br)CN=C5)c23)C1. The number of hydrogen-bond donors (Lipinski definition) is 3. The number of fused-ring (bicyclic) bond motifs is 8. The van der Waals surface area contributed by atoms with Crippen LogP contribution >= 0.6 is 54.5 Å². The quantitative estimate of drug-likeness (QED) is 0.146. The van der Waals surface area contributed by atoms with Crippen molar-refractivity contribution in [2.45, 2.75) is 77.7 Å². The first-order valence-electron chi connectivity index (χ1n) is 20.4. The Balaban J connectivity index is 0.000000150. The second kappa shape index (κ2) is 16.5. The Bertz CT molecular complexity index is 2810. The molecule has 7 heterocycles. The maximum absolute atomic E-state index is 13.3. The van der Waals surface area contributed by atoms with Gasteiger partial charge in [0.1, 0.15) is 34.0 Å². The van der Waals surface area contributed by atoms with Crippen LogP contribution < -0.4 is 10.6 Å². The number of aromatic nitrogens is 4. The molecule has 4 aromatic heterocycles. The molecule has 0 bridgehead atoms. The van der Waals surface area contributed by atoms with Gasteiger partial charge in [-0.1, -0.05) is 0 Å². The molecule has 61 heavy (non-hydrogen) atoms. The minimum absolute atomic E-state index is 0.0209. The molecule has 4 atom stereocenters. The van der Waals surface area contributed by atoms with Crippen molar-refractivity contribution in [1.29, 1.82) is 0 Å². The summed E-state index contributed by atoms with van der Waals surface area (Å²) in [5, 5.41) is 18.4. The number of hydrogen-bond acceptors (Lipinski definition) is 13. The lowest BCUT2D eigenvalue weighted by molar-refractivity contribution is -0.147. The van der Waals surface area contributed by atoms with Gasteiger partial charge in [-0.05, 0) is 142 Å². The standard InChI is InChI=1S/C25H26BrN5O2S.C19H15BrN4O2S/c1-13-10-31(11-14(2)33-13)25(32)15-3-4-18-21(7-15)34-24-22(18)23(28-12-29-24)30-20-6-17-9-27-8-16(17)5-19(20)26;20-13-3-10-6-21-7-11(10)4-14(13)24-17-16-12-2-1-9(19(25)26)5-15(12)27-18(16)23-8-22-17/h5-6,9,12-15H,3-4,7-8,10-11H2,1-2H3,(H,28,29,30);3-4,7-9H,1-2,5-6H2,(H,25,26)(H,22,23,24)/t13-,14+,15-;9-/m00/s1. The van der Waals surface area contributed by atoms with Crippen LogP contribution in [0.25, 0.3) is 20.4 Å². The Morgan fingerprint density at radius 2 is 1.23 bits per heavy atom.